The molecule has 0 aliphatic rings. The van der Waals surface area contributed by atoms with Crippen molar-refractivity contribution in [1.29, 1.82) is 0 Å². The van der Waals surface area contributed by atoms with Gasteiger partial charge in [-0.1, -0.05) is 25.1 Å². The second-order valence-electron chi connectivity index (χ2n) is 4.81. The number of hydrogen-bond donors (Lipinski definition) is 1. The topological polar surface area (TPSA) is 60.2 Å². The Balaban J connectivity index is 2.80. The van der Waals surface area contributed by atoms with E-state index in [-0.39, 0.29) is 17.4 Å². The maximum absolute atomic E-state index is 11.9. The van der Waals surface area contributed by atoms with Crippen LogP contribution in [-0.2, 0) is 15.6 Å². The van der Waals surface area contributed by atoms with Crippen molar-refractivity contribution in [2.75, 3.05) is 12.3 Å². The lowest BCUT2D eigenvalue weighted by molar-refractivity contribution is 0.573. The highest BCUT2D eigenvalue weighted by molar-refractivity contribution is 7.90. The van der Waals surface area contributed by atoms with Crippen molar-refractivity contribution in [3.8, 4) is 0 Å². The molecule has 4 heteroatoms. The number of aryl methyl sites for hydroxylation is 2. The van der Waals surface area contributed by atoms with Crippen molar-refractivity contribution < 1.29 is 8.42 Å². The number of sulfone groups is 1. The van der Waals surface area contributed by atoms with Crippen LogP contribution in [0, 0.1) is 19.8 Å². The Labute approximate surface area is 104 Å². The van der Waals surface area contributed by atoms with E-state index >= 15 is 0 Å². The van der Waals surface area contributed by atoms with Crippen LogP contribution in [-0.4, -0.2) is 20.7 Å². The van der Waals surface area contributed by atoms with E-state index in [2.05, 4.69) is 0 Å². The fourth-order valence-corrected chi connectivity index (χ4v) is 3.52. The highest BCUT2D eigenvalue weighted by atomic mass is 32.2. The summed E-state index contributed by atoms with van der Waals surface area (Å²) in [6.07, 6.45) is 0. The molecule has 1 aromatic carbocycles. The number of benzene rings is 1. The molecule has 1 aromatic rings. The van der Waals surface area contributed by atoms with Crippen LogP contribution < -0.4 is 5.73 Å². The molecule has 0 aliphatic heterocycles. The summed E-state index contributed by atoms with van der Waals surface area (Å²) in [6.45, 7) is 6.28. The molecule has 0 amide bonds. The molecular weight excluding hydrogens is 234 g/mol. The molecule has 96 valence electrons. The summed E-state index contributed by atoms with van der Waals surface area (Å²) in [5.74, 6) is 0.293. The van der Waals surface area contributed by atoms with Crippen LogP contribution in [0.25, 0.3) is 0 Å². The Bertz CT molecular complexity index is 480. The predicted molar refractivity (Wildman–Crippen MR) is 71.6 cm³/mol. The first-order valence-electron chi connectivity index (χ1n) is 5.80. The molecule has 1 atom stereocenters. The van der Waals surface area contributed by atoms with E-state index in [1.165, 1.54) is 5.56 Å². The largest absolute Gasteiger partial charge is 0.330 e. The van der Waals surface area contributed by atoms with Crippen LogP contribution >= 0.6 is 0 Å². The van der Waals surface area contributed by atoms with Crippen molar-refractivity contribution in [3.63, 3.8) is 0 Å². The molecule has 0 aliphatic carbocycles. The van der Waals surface area contributed by atoms with Gasteiger partial charge in [0.15, 0.2) is 9.84 Å². The summed E-state index contributed by atoms with van der Waals surface area (Å²) < 4.78 is 23.8. The number of rotatable bonds is 5. The monoisotopic (exact) mass is 255 g/mol. The maximum Gasteiger partial charge on any atom is 0.154 e. The van der Waals surface area contributed by atoms with Gasteiger partial charge in [-0.05, 0) is 43.0 Å². The second kappa shape index (κ2) is 5.65. The zero-order valence-corrected chi connectivity index (χ0v) is 11.5. The van der Waals surface area contributed by atoms with E-state index in [4.69, 9.17) is 5.73 Å². The van der Waals surface area contributed by atoms with Crippen molar-refractivity contribution in [1.82, 2.24) is 0 Å². The lowest BCUT2D eigenvalue weighted by Crippen LogP contribution is -2.22. The molecule has 0 saturated heterocycles. The molecule has 17 heavy (non-hydrogen) atoms. The number of nitrogens with two attached hydrogens (primary N) is 1. The zero-order chi connectivity index (χ0) is 13.1. The lowest BCUT2D eigenvalue weighted by Gasteiger charge is -2.10. The van der Waals surface area contributed by atoms with Crippen LogP contribution in [0.5, 0.6) is 0 Å². The summed E-state index contributed by atoms with van der Waals surface area (Å²) in [4.78, 5) is 0. The van der Waals surface area contributed by atoms with E-state index in [0.717, 1.165) is 11.1 Å². The summed E-state index contributed by atoms with van der Waals surface area (Å²) in [5, 5.41) is 0. The molecular formula is C13H21NO2S. The van der Waals surface area contributed by atoms with Crippen LogP contribution in [0.15, 0.2) is 18.2 Å². The third-order valence-corrected chi connectivity index (χ3v) is 4.75. The van der Waals surface area contributed by atoms with Crippen LogP contribution in [0.3, 0.4) is 0 Å². The second-order valence-corrected chi connectivity index (χ2v) is 6.92. The Morgan fingerprint density at radius 1 is 1.24 bits per heavy atom. The predicted octanol–water partition coefficient (Wildman–Crippen LogP) is 1.81. The van der Waals surface area contributed by atoms with Gasteiger partial charge in [-0.3, -0.25) is 0 Å². The Morgan fingerprint density at radius 3 is 2.41 bits per heavy atom. The first kappa shape index (κ1) is 14.2. The molecule has 1 rings (SSSR count). The molecule has 1 unspecified atom stereocenters. The molecule has 0 saturated carbocycles. The van der Waals surface area contributed by atoms with E-state index in [0.29, 0.717) is 6.54 Å². The Kier molecular flexibility index (Phi) is 4.71. The quantitative estimate of drug-likeness (QED) is 0.873. The fourth-order valence-electron chi connectivity index (χ4n) is 1.71. The highest BCUT2D eigenvalue weighted by Gasteiger charge is 2.15. The van der Waals surface area contributed by atoms with Crippen LogP contribution in [0.2, 0.25) is 0 Å². The van der Waals surface area contributed by atoms with Crippen LogP contribution in [0.4, 0.5) is 0 Å². The summed E-state index contributed by atoms with van der Waals surface area (Å²) in [6, 6.07) is 5.79. The molecule has 3 nitrogen and oxygen atoms in total. The van der Waals surface area contributed by atoms with Crippen molar-refractivity contribution in [2.45, 2.75) is 26.5 Å². The van der Waals surface area contributed by atoms with Gasteiger partial charge in [-0.2, -0.15) is 0 Å². The van der Waals surface area contributed by atoms with Gasteiger partial charge >= 0.3 is 0 Å². The minimum absolute atomic E-state index is 0.0199. The fraction of sp³-hybridized carbons (Fsp3) is 0.538. The molecule has 0 fully saturated rings. The average Bonchev–Trinajstić information content (AvgIpc) is 2.22. The van der Waals surface area contributed by atoms with Crippen molar-refractivity contribution >= 4 is 9.84 Å². The molecule has 0 bridgehead atoms. The van der Waals surface area contributed by atoms with Gasteiger partial charge in [0.2, 0.25) is 0 Å². The highest BCUT2D eigenvalue weighted by Crippen LogP contribution is 2.14. The smallest absolute Gasteiger partial charge is 0.154 e. The van der Waals surface area contributed by atoms with E-state index < -0.39 is 9.84 Å². The molecule has 2 N–H and O–H groups in total. The van der Waals surface area contributed by atoms with Crippen molar-refractivity contribution in [3.05, 3.63) is 34.9 Å². The minimum Gasteiger partial charge on any atom is -0.330 e. The van der Waals surface area contributed by atoms with Gasteiger partial charge in [0.1, 0.15) is 0 Å². The molecule has 0 aromatic heterocycles. The number of hydrogen-bond acceptors (Lipinski definition) is 3. The SMILES string of the molecule is Cc1ccc(CS(=O)(=O)CC(C)CN)cc1C. The van der Waals surface area contributed by atoms with Gasteiger partial charge in [-0.15, -0.1) is 0 Å². The van der Waals surface area contributed by atoms with Gasteiger partial charge in [0.05, 0.1) is 11.5 Å². The summed E-state index contributed by atoms with van der Waals surface area (Å²) in [5.41, 5.74) is 8.62. The standard InChI is InChI=1S/C13H21NO2S/c1-10(7-14)8-17(15,16)9-13-5-4-11(2)12(3)6-13/h4-6,10H,7-9,14H2,1-3H3. The van der Waals surface area contributed by atoms with Gasteiger partial charge in [0.25, 0.3) is 0 Å². The zero-order valence-electron chi connectivity index (χ0n) is 10.7. The maximum atomic E-state index is 11.9. The summed E-state index contributed by atoms with van der Waals surface area (Å²) >= 11 is 0. The normalized spacial score (nSPS) is 13.6. The molecule has 0 spiro atoms. The van der Waals surface area contributed by atoms with Gasteiger partial charge in [-0.25, -0.2) is 8.42 Å². The molecule has 0 radical (unpaired) electrons. The van der Waals surface area contributed by atoms with Crippen molar-refractivity contribution in [2.24, 2.45) is 11.7 Å². The third kappa shape index (κ3) is 4.48. The first-order valence-corrected chi connectivity index (χ1v) is 7.63. The van der Waals surface area contributed by atoms with Gasteiger partial charge < -0.3 is 5.73 Å². The summed E-state index contributed by atoms with van der Waals surface area (Å²) in [7, 11) is -3.06. The first-order chi connectivity index (χ1) is 7.84. The molecule has 0 heterocycles. The Morgan fingerprint density at radius 2 is 1.88 bits per heavy atom. The van der Waals surface area contributed by atoms with Crippen LogP contribution in [0.1, 0.15) is 23.6 Å². The van der Waals surface area contributed by atoms with E-state index in [1.807, 2.05) is 39.0 Å². The van der Waals surface area contributed by atoms with E-state index in [9.17, 15) is 8.42 Å². The van der Waals surface area contributed by atoms with E-state index in [1.54, 1.807) is 0 Å². The third-order valence-electron chi connectivity index (χ3n) is 2.90. The minimum atomic E-state index is -3.06. The van der Waals surface area contributed by atoms with Gasteiger partial charge in [0, 0.05) is 0 Å². The Hall–Kier alpha value is -0.870. The average molecular weight is 255 g/mol. The lowest BCUT2D eigenvalue weighted by atomic mass is 10.1.